The molecule has 2 rings (SSSR count). The van der Waals surface area contributed by atoms with Gasteiger partial charge in [0, 0.05) is 15.8 Å². The number of sulfonamides is 1. The number of rotatable bonds is 5. The Morgan fingerprint density at radius 3 is 2.38 bits per heavy atom. The summed E-state index contributed by atoms with van der Waals surface area (Å²) in [5.41, 5.74) is 1.35. The fourth-order valence-electron chi connectivity index (χ4n) is 1.98. The SMILES string of the molecule is CCOC(=O)Nc1ccc(C)c(S(=O)(=O)Nc2ccc(Br)cc2)c1. The molecule has 2 aromatic carbocycles. The van der Waals surface area contributed by atoms with Gasteiger partial charge in [-0.25, -0.2) is 13.2 Å². The van der Waals surface area contributed by atoms with Crippen LogP contribution in [0.15, 0.2) is 51.8 Å². The van der Waals surface area contributed by atoms with E-state index in [0.717, 1.165) is 4.47 Å². The Bertz CT molecular complexity index is 836. The third-order valence-electron chi connectivity index (χ3n) is 3.10. The highest BCUT2D eigenvalue weighted by Crippen LogP contribution is 2.24. The fraction of sp³-hybridized carbons (Fsp3) is 0.188. The van der Waals surface area contributed by atoms with Gasteiger partial charge >= 0.3 is 6.09 Å². The summed E-state index contributed by atoms with van der Waals surface area (Å²) in [5, 5.41) is 2.49. The molecule has 0 aliphatic heterocycles. The minimum atomic E-state index is -3.78. The van der Waals surface area contributed by atoms with Gasteiger partial charge in [0.05, 0.1) is 11.5 Å². The first-order chi connectivity index (χ1) is 11.3. The standard InChI is InChI=1S/C16H17BrN2O4S/c1-3-23-16(20)18-14-7-4-11(2)15(10-14)24(21,22)19-13-8-5-12(17)6-9-13/h4-10,19H,3H2,1-2H3,(H,18,20). The third kappa shape index (κ3) is 4.72. The fourth-order valence-corrected chi connectivity index (χ4v) is 3.58. The lowest BCUT2D eigenvalue weighted by molar-refractivity contribution is 0.168. The summed E-state index contributed by atoms with van der Waals surface area (Å²) in [5.74, 6) is 0. The lowest BCUT2D eigenvalue weighted by atomic mass is 10.2. The molecule has 0 unspecified atom stereocenters. The van der Waals surface area contributed by atoms with E-state index in [1.165, 1.54) is 6.07 Å². The Morgan fingerprint density at radius 2 is 1.75 bits per heavy atom. The van der Waals surface area contributed by atoms with Crippen molar-refractivity contribution in [3.63, 3.8) is 0 Å². The van der Waals surface area contributed by atoms with Gasteiger partial charge in [-0.2, -0.15) is 0 Å². The van der Waals surface area contributed by atoms with E-state index >= 15 is 0 Å². The van der Waals surface area contributed by atoms with Crippen LogP contribution >= 0.6 is 15.9 Å². The zero-order valence-corrected chi connectivity index (χ0v) is 15.6. The summed E-state index contributed by atoms with van der Waals surface area (Å²) in [7, 11) is -3.78. The molecular formula is C16H17BrN2O4S. The zero-order chi connectivity index (χ0) is 17.7. The molecule has 2 N–H and O–H groups in total. The van der Waals surface area contributed by atoms with Crippen molar-refractivity contribution < 1.29 is 17.9 Å². The molecule has 8 heteroatoms. The maximum Gasteiger partial charge on any atom is 0.411 e. The topological polar surface area (TPSA) is 84.5 Å². The maximum atomic E-state index is 12.6. The average molecular weight is 413 g/mol. The minimum Gasteiger partial charge on any atom is -0.450 e. The van der Waals surface area contributed by atoms with Crippen LogP contribution in [0.5, 0.6) is 0 Å². The normalized spacial score (nSPS) is 11.0. The molecule has 0 saturated carbocycles. The molecule has 0 radical (unpaired) electrons. The minimum absolute atomic E-state index is 0.0831. The number of anilines is 2. The molecule has 0 aliphatic carbocycles. The van der Waals surface area contributed by atoms with Gasteiger partial charge in [-0.1, -0.05) is 22.0 Å². The van der Waals surface area contributed by atoms with Crippen LogP contribution in [0, 0.1) is 6.92 Å². The zero-order valence-electron chi connectivity index (χ0n) is 13.2. The molecule has 0 aliphatic rings. The van der Waals surface area contributed by atoms with E-state index in [4.69, 9.17) is 4.74 Å². The van der Waals surface area contributed by atoms with Crippen molar-refractivity contribution in [1.82, 2.24) is 0 Å². The molecule has 0 bridgehead atoms. The molecule has 2 aromatic rings. The second kappa shape index (κ2) is 7.67. The third-order valence-corrected chi connectivity index (χ3v) is 5.15. The number of halogens is 1. The second-order valence-electron chi connectivity index (χ2n) is 4.94. The highest BCUT2D eigenvalue weighted by Gasteiger charge is 2.18. The maximum absolute atomic E-state index is 12.6. The molecule has 128 valence electrons. The summed E-state index contributed by atoms with van der Waals surface area (Å²) in [6, 6.07) is 11.4. The molecule has 0 aromatic heterocycles. The van der Waals surface area contributed by atoms with Crippen molar-refractivity contribution in [2.75, 3.05) is 16.6 Å². The lowest BCUT2D eigenvalue weighted by Crippen LogP contribution is -2.16. The number of ether oxygens (including phenoxy) is 1. The van der Waals surface area contributed by atoms with Crippen molar-refractivity contribution >= 4 is 43.4 Å². The number of aryl methyl sites for hydroxylation is 1. The van der Waals surface area contributed by atoms with Gasteiger partial charge in [0.15, 0.2) is 0 Å². The molecule has 0 heterocycles. The molecule has 0 atom stereocenters. The molecule has 0 spiro atoms. The average Bonchev–Trinajstić information content (AvgIpc) is 2.51. The lowest BCUT2D eigenvalue weighted by Gasteiger charge is -2.12. The summed E-state index contributed by atoms with van der Waals surface area (Å²) in [6.07, 6.45) is -0.634. The summed E-state index contributed by atoms with van der Waals surface area (Å²) in [6.45, 7) is 3.60. The van der Waals surface area contributed by atoms with Gasteiger partial charge < -0.3 is 4.74 Å². The van der Waals surface area contributed by atoms with Crippen molar-refractivity contribution in [1.29, 1.82) is 0 Å². The number of nitrogens with one attached hydrogen (secondary N) is 2. The molecule has 24 heavy (non-hydrogen) atoms. The summed E-state index contributed by atoms with van der Waals surface area (Å²) < 4.78 is 33.4. The van der Waals surface area contributed by atoms with Crippen molar-refractivity contribution in [2.24, 2.45) is 0 Å². The van der Waals surface area contributed by atoms with Crippen LogP contribution in [-0.4, -0.2) is 21.1 Å². The van der Waals surface area contributed by atoms with E-state index in [0.29, 0.717) is 16.9 Å². The van der Waals surface area contributed by atoms with Crippen LogP contribution in [0.2, 0.25) is 0 Å². The van der Waals surface area contributed by atoms with Gasteiger partial charge in [0.25, 0.3) is 10.0 Å². The highest BCUT2D eigenvalue weighted by molar-refractivity contribution is 9.10. The largest absolute Gasteiger partial charge is 0.450 e. The molecular weight excluding hydrogens is 396 g/mol. The first kappa shape index (κ1) is 18.3. The monoisotopic (exact) mass is 412 g/mol. The number of carbonyl (C=O) groups excluding carboxylic acids is 1. The van der Waals surface area contributed by atoms with Gasteiger partial charge in [0.2, 0.25) is 0 Å². The van der Waals surface area contributed by atoms with E-state index in [9.17, 15) is 13.2 Å². The van der Waals surface area contributed by atoms with Gasteiger partial charge in [-0.15, -0.1) is 0 Å². The van der Waals surface area contributed by atoms with E-state index in [1.54, 1.807) is 50.2 Å². The van der Waals surface area contributed by atoms with E-state index in [-0.39, 0.29) is 11.5 Å². The number of benzene rings is 2. The predicted molar refractivity (Wildman–Crippen MR) is 96.8 cm³/mol. The van der Waals surface area contributed by atoms with Crippen molar-refractivity contribution in [2.45, 2.75) is 18.7 Å². The van der Waals surface area contributed by atoms with Crippen LogP contribution in [0.3, 0.4) is 0 Å². The Kier molecular flexibility index (Phi) is 5.84. The van der Waals surface area contributed by atoms with Gasteiger partial charge in [0.1, 0.15) is 0 Å². The van der Waals surface area contributed by atoms with Crippen molar-refractivity contribution in [3.8, 4) is 0 Å². The van der Waals surface area contributed by atoms with Crippen LogP contribution in [0.4, 0.5) is 16.2 Å². The van der Waals surface area contributed by atoms with Crippen LogP contribution < -0.4 is 10.0 Å². The quantitative estimate of drug-likeness (QED) is 0.772. The summed E-state index contributed by atoms with van der Waals surface area (Å²) >= 11 is 3.30. The summed E-state index contributed by atoms with van der Waals surface area (Å²) in [4.78, 5) is 11.6. The van der Waals surface area contributed by atoms with Gasteiger partial charge in [-0.05, 0) is 55.8 Å². The first-order valence-electron chi connectivity index (χ1n) is 7.14. The van der Waals surface area contributed by atoms with E-state index in [2.05, 4.69) is 26.0 Å². The number of hydrogen-bond acceptors (Lipinski definition) is 4. The van der Waals surface area contributed by atoms with Crippen LogP contribution in [0.1, 0.15) is 12.5 Å². The Morgan fingerprint density at radius 1 is 1.12 bits per heavy atom. The molecule has 0 saturated heterocycles. The number of amides is 1. The highest BCUT2D eigenvalue weighted by atomic mass is 79.9. The van der Waals surface area contributed by atoms with Crippen molar-refractivity contribution in [3.05, 3.63) is 52.5 Å². The van der Waals surface area contributed by atoms with Gasteiger partial charge in [-0.3, -0.25) is 10.0 Å². The van der Waals surface area contributed by atoms with Crippen LogP contribution in [0.25, 0.3) is 0 Å². The Balaban J connectivity index is 2.28. The Labute approximate surface area is 149 Å². The number of hydrogen-bond donors (Lipinski definition) is 2. The predicted octanol–water partition coefficient (Wildman–Crippen LogP) is 4.13. The molecule has 1 amide bonds. The van der Waals surface area contributed by atoms with Crippen LogP contribution in [-0.2, 0) is 14.8 Å². The first-order valence-corrected chi connectivity index (χ1v) is 9.42. The molecule has 0 fully saturated rings. The van der Waals surface area contributed by atoms with E-state index < -0.39 is 16.1 Å². The van der Waals surface area contributed by atoms with E-state index in [1.807, 2.05) is 0 Å². The number of carbonyl (C=O) groups is 1. The second-order valence-corrected chi connectivity index (χ2v) is 7.50. The Hall–Kier alpha value is -2.06. The molecule has 6 nitrogen and oxygen atoms in total. The smallest absolute Gasteiger partial charge is 0.411 e.